The van der Waals surface area contributed by atoms with Gasteiger partial charge in [0.1, 0.15) is 18.5 Å². The van der Waals surface area contributed by atoms with E-state index in [0.717, 1.165) is 12.1 Å². The number of fused-ring (bicyclic) bond motifs is 1. The van der Waals surface area contributed by atoms with Crippen LogP contribution in [0.4, 0.5) is 0 Å². The SMILES string of the molecule is Cc1nc(OCCN(C)C)c2c(n1)OC(C)C2C. The van der Waals surface area contributed by atoms with Crippen molar-refractivity contribution in [2.24, 2.45) is 0 Å². The Labute approximate surface area is 108 Å². The van der Waals surface area contributed by atoms with Gasteiger partial charge in [-0.3, -0.25) is 0 Å². The Morgan fingerprint density at radius 1 is 1.28 bits per heavy atom. The van der Waals surface area contributed by atoms with Gasteiger partial charge < -0.3 is 14.4 Å². The molecule has 1 aromatic heterocycles. The normalized spacial score (nSPS) is 21.9. The van der Waals surface area contributed by atoms with Crippen molar-refractivity contribution < 1.29 is 9.47 Å². The van der Waals surface area contributed by atoms with Crippen LogP contribution in [-0.4, -0.2) is 48.2 Å². The molecule has 0 aliphatic carbocycles. The molecule has 0 fully saturated rings. The molecule has 18 heavy (non-hydrogen) atoms. The zero-order chi connectivity index (χ0) is 13.3. The van der Waals surface area contributed by atoms with Crippen molar-refractivity contribution in [2.75, 3.05) is 27.2 Å². The summed E-state index contributed by atoms with van der Waals surface area (Å²) < 4.78 is 11.5. The first kappa shape index (κ1) is 13.1. The molecule has 2 heterocycles. The van der Waals surface area contributed by atoms with Crippen LogP contribution in [0.25, 0.3) is 0 Å². The first-order chi connectivity index (χ1) is 8.49. The van der Waals surface area contributed by atoms with E-state index in [1.165, 1.54) is 0 Å². The molecule has 0 saturated carbocycles. The molecule has 0 N–H and O–H groups in total. The fourth-order valence-electron chi connectivity index (χ4n) is 1.96. The van der Waals surface area contributed by atoms with Crippen LogP contribution in [0.2, 0.25) is 0 Å². The second-order valence-corrected chi connectivity index (χ2v) is 5.06. The van der Waals surface area contributed by atoms with Crippen LogP contribution in [0.15, 0.2) is 0 Å². The summed E-state index contributed by atoms with van der Waals surface area (Å²) in [6, 6.07) is 0. The van der Waals surface area contributed by atoms with E-state index in [9.17, 15) is 0 Å². The fraction of sp³-hybridized carbons (Fsp3) is 0.692. The van der Waals surface area contributed by atoms with E-state index in [1.807, 2.05) is 27.9 Å². The molecule has 2 rings (SSSR count). The summed E-state index contributed by atoms with van der Waals surface area (Å²) in [6.07, 6.45) is 0.132. The molecule has 0 amide bonds. The van der Waals surface area contributed by atoms with Gasteiger partial charge in [-0.2, -0.15) is 9.97 Å². The Morgan fingerprint density at radius 2 is 2.00 bits per heavy atom. The molecule has 1 aliphatic heterocycles. The van der Waals surface area contributed by atoms with E-state index in [0.29, 0.717) is 24.2 Å². The summed E-state index contributed by atoms with van der Waals surface area (Å²) in [5, 5.41) is 0. The summed E-state index contributed by atoms with van der Waals surface area (Å²) >= 11 is 0. The Hall–Kier alpha value is -1.36. The lowest BCUT2D eigenvalue weighted by atomic mass is 10.0. The number of nitrogens with zero attached hydrogens (tertiary/aromatic N) is 3. The van der Waals surface area contributed by atoms with Crippen molar-refractivity contribution in [3.63, 3.8) is 0 Å². The average Bonchev–Trinajstić information content (AvgIpc) is 2.53. The third-order valence-corrected chi connectivity index (χ3v) is 3.22. The fourth-order valence-corrected chi connectivity index (χ4v) is 1.96. The van der Waals surface area contributed by atoms with Gasteiger partial charge in [-0.1, -0.05) is 6.92 Å². The first-order valence-electron chi connectivity index (χ1n) is 6.31. The van der Waals surface area contributed by atoms with Gasteiger partial charge in [0.15, 0.2) is 0 Å². The van der Waals surface area contributed by atoms with Crippen molar-refractivity contribution in [3.05, 3.63) is 11.4 Å². The molecule has 100 valence electrons. The zero-order valence-electron chi connectivity index (χ0n) is 11.7. The molecule has 1 aliphatic rings. The highest BCUT2D eigenvalue weighted by atomic mass is 16.5. The monoisotopic (exact) mass is 251 g/mol. The second-order valence-electron chi connectivity index (χ2n) is 5.06. The molecule has 1 aromatic rings. The Kier molecular flexibility index (Phi) is 3.71. The number of aromatic nitrogens is 2. The standard InChI is InChI=1S/C13H21N3O2/c1-8-9(2)18-13-11(8)12(14-10(3)15-13)17-7-6-16(4)5/h8-9H,6-7H2,1-5H3. The zero-order valence-corrected chi connectivity index (χ0v) is 11.7. The largest absolute Gasteiger partial charge is 0.476 e. The van der Waals surface area contributed by atoms with Crippen molar-refractivity contribution >= 4 is 0 Å². The number of likely N-dealkylation sites (N-methyl/N-ethyl adjacent to an activating group) is 1. The molecular weight excluding hydrogens is 230 g/mol. The Morgan fingerprint density at radius 3 is 2.67 bits per heavy atom. The van der Waals surface area contributed by atoms with Gasteiger partial charge in [-0.25, -0.2) is 0 Å². The molecule has 2 unspecified atom stereocenters. The number of hydrogen-bond acceptors (Lipinski definition) is 5. The first-order valence-corrected chi connectivity index (χ1v) is 6.31. The molecule has 5 heteroatoms. The van der Waals surface area contributed by atoms with Crippen molar-refractivity contribution in [1.82, 2.24) is 14.9 Å². The van der Waals surface area contributed by atoms with Crippen LogP contribution in [0, 0.1) is 6.92 Å². The van der Waals surface area contributed by atoms with Gasteiger partial charge in [-0.15, -0.1) is 0 Å². The van der Waals surface area contributed by atoms with E-state index in [4.69, 9.17) is 9.47 Å². The molecule has 0 aromatic carbocycles. The van der Waals surface area contributed by atoms with Gasteiger partial charge in [0.25, 0.3) is 0 Å². The van der Waals surface area contributed by atoms with E-state index in [-0.39, 0.29) is 12.0 Å². The third-order valence-electron chi connectivity index (χ3n) is 3.22. The number of aryl methyl sites for hydroxylation is 1. The molecular formula is C13H21N3O2. The highest BCUT2D eigenvalue weighted by molar-refractivity contribution is 5.42. The van der Waals surface area contributed by atoms with Crippen molar-refractivity contribution in [3.8, 4) is 11.8 Å². The average molecular weight is 251 g/mol. The van der Waals surface area contributed by atoms with Crippen LogP contribution >= 0.6 is 0 Å². The predicted octanol–water partition coefficient (Wildman–Crippen LogP) is 1.61. The molecule has 2 atom stereocenters. The van der Waals surface area contributed by atoms with Gasteiger partial charge in [0, 0.05) is 12.5 Å². The smallest absolute Gasteiger partial charge is 0.224 e. The Bertz CT molecular complexity index is 434. The van der Waals surface area contributed by atoms with E-state index in [1.54, 1.807) is 0 Å². The summed E-state index contributed by atoms with van der Waals surface area (Å²) in [6.45, 7) is 7.51. The topological polar surface area (TPSA) is 47.5 Å². The molecule has 5 nitrogen and oxygen atoms in total. The summed E-state index contributed by atoms with van der Waals surface area (Å²) in [5.74, 6) is 2.32. The maximum atomic E-state index is 5.79. The lowest BCUT2D eigenvalue weighted by molar-refractivity contribution is 0.225. The highest BCUT2D eigenvalue weighted by Gasteiger charge is 2.33. The minimum absolute atomic E-state index is 0.132. The summed E-state index contributed by atoms with van der Waals surface area (Å²) in [4.78, 5) is 10.8. The van der Waals surface area contributed by atoms with Crippen molar-refractivity contribution in [1.29, 1.82) is 0 Å². The second kappa shape index (κ2) is 5.10. The van der Waals surface area contributed by atoms with Gasteiger partial charge in [-0.05, 0) is 27.9 Å². The predicted molar refractivity (Wildman–Crippen MR) is 69.3 cm³/mol. The molecule has 0 saturated heterocycles. The van der Waals surface area contributed by atoms with E-state index in [2.05, 4.69) is 21.8 Å². The van der Waals surface area contributed by atoms with Crippen LogP contribution < -0.4 is 9.47 Å². The van der Waals surface area contributed by atoms with Crippen LogP contribution in [-0.2, 0) is 0 Å². The Balaban J connectivity index is 2.20. The minimum Gasteiger partial charge on any atom is -0.476 e. The highest BCUT2D eigenvalue weighted by Crippen LogP contribution is 2.41. The van der Waals surface area contributed by atoms with Crippen LogP contribution in [0.5, 0.6) is 11.8 Å². The maximum Gasteiger partial charge on any atom is 0.224 e. The maximum absolute atomic E-state index is 5.79. The van der Waals surface area contributed by atoms with E-state index >= 15 is 0 Å². The molecule has 0 bridgehead atoms. The summed E-state index contributed by atoms with van der Waals surface area (Å²) in [7, 11) is 4.04. The molecule has 0 spiro atoms. The van der Waals surface area contributed by atoms with Gasteiger partial charge in [0.05, 0.1) is 5.56 Å². The van der Waals surface area contributed by atoms with Gasteiger partial charge in [0.2, 0.25) is 11.8 Å². The number of rotatable bonds is 4. The van der Waals surface area contributed by atoms with Crippen LogP contribution in [0.3, 0.4) is 0 Å². The van der Waals surface area contributed by atoms with E-state index < -0.39 is 0 Å². The van der Waals surface area contributed by atoms with Crippen LogP contribution in [0.1, 0.15) is 31.2 Å². The lowest BCUT2D eigenvalue weighted by Gasteiger charge is -2.13. The van der Waals surface area contributed by atoms with Gasteiger partial charge >= 0.3 is 0 Å². The minimum atomic E-state index is 0.132. The lowest BCUT2D eigenvalue weighted by Crippen LogP contribution is -2.20. The molecule has 0 radical (unpaired) electrons. The summed E-state index contributed by atoms with van der Waals surface area (Å²) in [5.41, 5.74) is 1.01. The van der Waals surface area contributed by atoms with Crippen molar-refractivity contribution in [2.45, 2.75) is 32.8 Å². The number of hydrogen-bond donors (Lipinski definition) is 0. The quantitative estimate of drug-likeness (QED) is 0.813. The number of ether oxygens (including phenoxy) is 2. The third kappa shape index (κ3) is 2.56.